The standard InChI is InChI=1S/C22H27BrClN3O3/c1-4-27(16-5-7-30-8-6-16)19-11-15(24)10-17(20(19)23)21(28)25-12-18-13(2)9-14(3)26-22(18)29/h9-11,16,18H,4-8,12H2,1-3H3,(H,25,28). The molecule has 1 atom stereocenters. The highest BCUT2D eigenvalue weighted by Crippen LogP contribution is 2.36. The van der Waals surface area contributed by atoms with E-state index >= 15 is 0 Å². The molecule has 1 fully saturated rings. The second-order valence-electron chi connectivity index (χ2n) is 7.66. The van der Waals surface area contributed by atoms with Crippen molar-refractivity contribution in [2.24, 2.45) is 10.9 Å². The van der Waals surface area contributed by atoms with E-state index < -0.39 is 5.92 Å². The molecule has 0 radical (unpaired) electrons. The Morgan fingerprint density at radius 1 is 1.33 bits per heavy atom. The Bertz CT molecular complexity index is 894. The summed E-state index contributed by atoms with van der Waals surface area (Å²) in [5, 5.41) is 3.37. The maximum atomic E-state index is 13.0. The van der Waals surface area contributed by atoms with Crippen molar-refractivity contribution in [2.45, 2.75) is 39.7 Å². The van der Waals surface area contributed by atoms with Crippen LogP contribution in [0.3, 0.4) is 0 Å². The molecule has 1 unspecified atom stereocenters. The molecule has 1 N–H and O–H groups in total. The van der Waals surface area contributed by atoms with Crippen molar-refractivity contribution >= 4 is 50.7 Å². The maximum absolute atomic E-state index is 13.0. The Balaban J connectivity index is 1.79. The van der Waals surface area contributed by atoms with Crippen LogP contribution in [-0.2, 0) is 9.53 Å². The highest BCUT2D eigenvalue weighted by Gasteiger charge is 2.27. The quantitative estimate of drug-likeness (QED) is 0.634. The Kier molecular flexibility index (Phi) is 7.71. The van der Waals surface area contributed by atoms with Gasteiger partial charge in [-0.1, -0.05) is 17.2 Å². The number of anilines is 1. The number of hydrogen-bond donors (Lipinski definition) is 1. The molecule has 0 bridgehead atoms. The van der Waals surface area contributed by atoms with E-state index in [1.165, 1.54) is 0 Å². The smallest absolute Gasteiger partial charge is 0.254 e. The SMILES string of the molecule is CCN(c1cc(Cl)cc(C(=O)NCC2C(=O)N=C(C)C=C2C)c1Br)C1CCOCC1. The molecule has 8 heteroatoms. The van der Waals surface area contributed by atoms with E-state index in [0.717, 1.165) is 43.9 Å². The zero-order valence-corrected chi connectivity index (χ0v) is 19.8. The van der Waals surface area contributed by atoms with Gasteiger partial charge in [-0.15, -0.1) is 0 Å². The van der Waals surface area contributed by atoms with Crippen molar-refractivity contribution in [3.8, 4) is 0 Å². The summed E-state index contributed by atoms with van der Waals surface area (Å²) in [5.74, 6) is -0.944. The fourth-order valence-corrected chi connectivity index (χ4v) is 4.87. The average Bonchev–Trinajstić information content (AvgIpc) is 2.70. The van der Waals surface area contributed by atoms with E-state index in [2.05, 4.69) is 38.1 Å². The summed E-state index contributed by atoms with van der Waals surface area (Å²) in [6, 6.07) is 3.87. The minimum absolute atomic E-state index is 0.197. The molecule has 0 aromatic heterocycles. The van der Waals surface area contributed by atoms with Crippen LogP contribution in [0.5, 0.6) is 0 Å². The summed E-state index contributed by atoms with van der Waals surface area (Å²) < 4.78 is 6.19. The summed E-state index contributed by atoms with van der Waals surface area (Å²) in [7, 11) is 0. The molecule has 0 spiro atoms. The van der Waals surface area contributed by atoms with Gasteiger partial charge in [0.2, 0.25) is 0 Å². The van der Waals surface area contributed by atoms with E-state index in [-0.39, 0.29) is 18.4 Å². The summed E-state index contributed by atoms with van der Waals surface area (Å²) in [6.07, 6.45) is 3.74. The largest absolute Gasteiger partial charge is 0.381 e. The van der Waals surface area contributed by atoms with Gasteiger partial charge in [0.15, 0.2) is 0 Å². The zero-order chi connectivity index (χ0) is 21.8. The molecule has 0 aliphatic carbocycles. The molecule has 30 heavy (non-hydrogen) atoms. The third-order valence-electron chi connectivity index (χ3n) is 5.58. The number of rotatable bonds is 6. The van der Waals surface area contributed by atoms with E-state index in [1.807, 2.05) is 19.1 Å². The van der Waals surface area contributed by atoms with Gasteiger partial charge in [-0.05, 0) is 67.8 Å². The number of nitrogens with zero attached hydrogens (tertiary/aromatic N) is 2. The van der Waals surface area contributed by atoms with Gasteiger partial charge >= 0.3 is 0 Å². The first-order valence-corrected chi connectivity index (χ1v) is 11.4. The van der Waals surface area contributed by atoms with Gasteiger partial charge in [0.1, 0.15) is 0 Å². The van der Waals surface area contributed by atoms with Gasteiger partial charge in [0.05, 0.1) is 21.6 Å². The number of dihydropyridines is 1. The molecular weight excluding hydrogens is 470 g/mol. The van der Waals surface area contributed by atoms with E-state index in [1.54, 1.807) is 13.0 Å². The predicted octanol–water partition coefficient (Wildman–Crippen LogP) is 4.40. The fraction of sp³-hybridized carbons (Fsp3) is 0.500. The minimum Gasteiger partial charge on any atom is -0.381 e. The molecule has 2 aliphatic rings. The number of ether oxygens (including phenoxy) is 1. The molecule has 1 aromatic rings. The van der Waals surface area contributed by atoms with Crippen LogP contribution in [0, 0.1) is 5.92 Å². The number of carbonyl (C=O) groups excluding carboxylic acids is 2. The highest BCUT2D eigenvalue weighted by molar-refractivity contribution is 9.10. The van der Waals surface area contributed by atoms with Crippen molar-refractivity contribution in [1.29, 1.82) is 0 Å². The van der Waals surface area contributed by atoms with Gasteiger partial charge in [-0.2, -0.15) is 0 Å². The summed E-state index contributed by atoms with van der Waals surface area (Å²) in [5.41, 5.74) is 2.94. The number of benzene rings is 1. The molecular formula is C22H27BrClN3O3. The van der Waals surface area contributed by atoms with E-state index in [0.29, 0.717) is 26.8 Å². The molecule has 6 nitrogen and oxygen atoms in total. The van der Waals surface area contributed by atoms with Gasteiger partial charge in [0, 0.05) is 43.1 Å². The van der Waals surface area contributed by atoms with Crippen LogP contribution in [0.4, 0.5) is 5.69 Å². The summed E-state index contributed by atoms with van der Waals surface area (Å²) >= 11 is 10.0. The lowest BCUT2D eigenvalue weighted by Gasteiger charge is -2.36. The Labute approximate surface area is 190 Å². The lowest BCUT2D eigenvalue weighted by Crippen LogP contribution is -2.40. The van der Waals surface area contributed by atoms with Gasteiger partial charge in [-0.3, -0.25) is 9.59 Å². The van der Waals surface area contributed by atoms with Crippen LogP contribution >= 0.6 is 27.5 Å². The average molecular weight is 497 g/mol. The normalized spacial score (nSPS) is 19.9. The van der Waals surface area contributed by atoms with E-state index in [4.69, 9.17) is 16.3 Å². The number of hydrogen-bond acceptors (Lipinski definition) is 4. The summed E-state index contributed by atoms with van der Waals surface area (Å²) in [6.45, 7) is 8.22. The van der Waals surface area contributed by atoms with Crippen molar-refractivity contribution in [3.05, 3.63) is 38.8 Å². The van der Waals surface area contributed by atoms with Crippen LogP contribution in [0.25, 0.3) is 0 Å². The first-order chi connectivity index (χ1) is 14.3. The number of amides is 2. The topological polar surface area (TPSA) is 71.0 Å². The number of halogens is 2. The Morgan fingerprint density at radius 3 is 2.67 bits per heavy atom. The van der Waals surface area contributed by atoms with Crippen LogP contribution in [0.15, 0.2) is 33.2 Å². The fourth-order valence-electron chi connectivity index (χ4n) is 4.02. The molecule has 2 amide bonds. The molecule has 2 aliphatic heterocycles. The van der Waals surface area contributed by atoms with Crippen LogP contribution in [-0.4, -0.2) is 49.9 Å². The monoisotopic (exact) mass is 495 g/mol. The van der Waals surface area contributed by atoms with Crippen LogP contribution in [0.1, 0.15) is 44.0 Å². The van der Waals surface area contributed by atoms with Crippen molar-refractivity contribution in [2.75, 3.05) is 31.2 Å². The van der Waals surface area contributed by atoms with Gasteiger partial charge in [-0.25, -0.2) is 4.99 Å². The first-order valence-electron chi connectivity index (χ1n) is 10.2. The predicted molar refractivity (Wildman–Crippen MR) is 124 cm³/mol. The molecule has 3 rings (SSSR count). The highest BCUT2D eigenvalue weighted by atomic mass is 79.9. The number of aliphatic imine (C=N–C) groups is 1. The number of allylic oxidation sites excluding steroid dienone is 1. The van der Waals surface area contributed by atoms with Crippen LogP contribution in [0.2, 0.25) is 5.02 Å². The molecule has 1 aromatic carbocycles. The second-order valence-corrected chi connectivity index (χ2v) is 8.89. The van der Waals surface area contributed by atoms with E-state index in [9.17, 15) is 9.59 Å². The van der Waals surface area contributed by atoms with Crippen molar-refractivity contribution in [3.63, 3.8) is 0 Å². The second kappa shape index (κ2) is 10.1. The minimum atomic E-state index is -0.440. The molecule has 162 valence electrons. The van der Waals surface area contributed by atoms with Gasteiger partial charge < -0.3 is 15.0 Å². The molecule has 2 heterocycles. The third-order valence-corrected chi connectivity index (χ3v) is 6.63. The van der Waals surface area contributed by atoms with Crippen molar-refractivity contribution in [1.82, 2.24) is 5.32 Å². The number of carbonyl (C=O) groups is 2. The molecule has 1 saturated heterocycles. The lowest BCUT2D eigenvalue weighted by atomic mass is 9.95. The Hall–Kier alpha value is -1.70. The molecule has 0 saturated carbocycles. The van der Waals surface area contributed by atoms with Crippen molar-refractivity contribution < 1.29 is 14.3 Å². The maximum Gasteiger partial charge on any atom is 0.254 e. The third kappa shape index (κ3) is 5.13. The lowest BCUT2D eigenvalue weighted by molar-refractivity contribution is -0.120. The van der Waals surface area contributed by atoms with Gasteiger partial charge in [0.25, 0.3) is 11.8 Å². The summed E-state index contributed by atoms with van der Waals surface area (Å²) in [4.78, 5) is 31.5. The zero-order valence-electron chi connectivity index (χ0n) is 17.5. The van der Waals surface area contributed by atoms with Crippen LogP contribution < -0.4 is 10.2 Å². The Morgan fingerprint density at radius 2 is 2.03 bits per heavy atom. The first kappa shape index (κ1) is 23.0. The number of nitrogens with one attached hydrogen (secondary N) is 1.